The van der Waals surface area contributed by atoms with E-state index in [9.17, 15) is 0 Å². The standard InChI is InChI=1S/C24H31N3O/c1-26-23-12-4-3-11-22(23)25-24(26)18-27-15-13-19(14-16-27)7-5-8-20-9-6-10-21(17-20)28-2/h3-4,6,9-12,17,19H,5,7-8,13-16,18H2,1-2H3. The van der Waals surface area contributed by atoms with Crippen molar-refractivity contribution in [2.45, 2.75) is 38.6 Å². The highest BCUT2D eigenvalue weighted by Gasteiger charge is 2.20. The first-order chi connectivity index (χ1) is 13.7. The zero-order chi connectivity index (χ0) is 19.3. The third-order valence-electron chi connectivity index (χ3n) is 6.16. The number of hydrogen-bond donors (Lipinski definition) is 0. The van der Waals surface area contributed by atoms with Gasteiger partial charge in [-0.05, 0) is 74.5 Å². The van der Waals surface area contributed by atoms with Gasteiger partial charge in [-0.25, -0.2) is 4.98 Å². The van der Waals surface area contributed by atoms with Crippen LogP contribution in [-0.2, 0) is 20.0 Å². The predicted octanol–water partition coefficient (Wildman–Crippen LogP) is 4.82. The number of nitrogens with zero attached hydrogens (tertiary/aromatic N) is 3. The Hall–Kier alpha value is -2.33. The van der Waals surface area contributed by atoms with Crippen LogP contribution in [0.3, 0.4) is 0 Å². The molecule has 0 atom stereocenters. The second kappa shape index (κ2) is 8.78. The van der Waals surface area contributed by atoms with Crippen LogP contribution in [0.4, 0.5) is 0 Å². The minimum atomic E-state index is 0.863. The molecule has 0 bridgehead atoms. The average molecular weight is 378 g/mol. The van der Waals surface area contributed by atoms with E-state index in [0.29, 0.717) is 0 Å². The Balaban J connectivity index is 1.23. The van der Waals surface area contributed by atoms with Crippen LogP contribution in [0.25, 0.3) is 11.0 Å². The van der Waals surface area contributed by atoms with Crippen LogP contribution >= 0.6 is 0 Å². The maximum atomic E-state index is 5.33. The van der Waals surface area contributed by atoms with Gasteiger partial charge in [-0.3, -0.25) is 4.90 Å². The van der Waals surface area contributed by atoms with Crippen LogP contribution in [0.15, 0.2) is 48.5 Å². The summed E-state index contributed by atoms with van der Waals surface area (Å²) in [4.78, 5) is 7.40. The molecule has 0 aliphatic carbocycles. The van der Waals surface area contributed by atoms with Crippen LogP contribution < -0.4 is 4.74 Å². The fourth-order valence-corrected chi connectivity index (χ4v) is 4.39. The number of imidazole rings is 1. The number of para-hydroxylation sites is 2. The fraction of sp³-hybridized carbons (Fsp3) is 0.458. The largest absolute Gasteiger partial charge is 0.497 e. The summed E-state index contributed by atoms with van der Waals surface area (Å²) in [6.07, 6.45) is 6.36. The van der Waals surface area contributed by atoms with E-state index in [0.717, 1.165) is 30.1 Å². The molecule has 28 heavy (non-hydrogen) atoms. The fourth-order valence-electron chi connectivity index (χ4n) is 4.39. The minimum absolute atomic E-state index is 0.863. The van der Waals surface area contributed by atoms with E-state index in [2.05, 4.69) is 59.0 Å². The van der Waals surface area contributed by atoms with Crippen molar-refractivity contribution in [1.29, 1.82) is 0 Å². The highest BCUT2D eigenvalue weighted by Crippen LogP contribution is 2.25. The van der Waals surface area contributed by atoms with Crippen molar-refractivity contribution in [3.05, 3.63) is 59.9 Å². The lowest BCUT2D eigenvalue weighted by Gasteiger charge is -2.31. The van der Waals surface area contributed by atoms with Crippen LogP contribution in [0.2, 0.25) is 0 Å². The number of aromatic nitrogens is 2. The first-order valence-electron chi connectivity index (χ1n) is 10.5. The van der Waals surface area contributed by atoms with Crippen LogP contribution in [-0.4, -0.2) is 34.7 Å². The highest BCUT2D eigenvalue weighted by atomic mass is 16.5. The van der Waals surface area contributed by atoms with E-state index >= 15 is 0 Å². The van der Waals surface area contributed by atoms with E-state index in [1.54, 1.807) is 7.11 Å². The second-order valence-corrected chi connectivity index (χ2v) is 8.04. The quantitative estimate of drug-likeness (QED) is 0.591. The van der Waals surface area contributed by atoms with Crippen molar-refractivity contribution in [2.24, 2.45) is 13.0 Å². The summed E-state index contributed by atoms with van der Waals surface area (Å²) in [5, 5.41) is 0. The van der Waals surface area contributed by atoms with Crippen LogP contribution in [0.5, 0.6) is 5.75 Å². The zero-order valence-corrected chi connectivity index (χ0v) is 17.1. The monoisotopic (exact) mass is 377 g/mol. The molecule has 0 spiro atoms. The van der Waals surface area contributed by atoms with Crippen molar-refractivity contribution in [2.75, 3.05) is 20.2 Å². The van der Waals surface area contributed by atoms with E-state index in [4.69, 9.17) is 9.72 Å². The van der Waals surface area contributed by atoms with Crippen molar-refractivity contribution < 1.29 is 4.74 Å². The lowest BCUT2D eigenvalue weighted by atomic mass is 9.90. The lowest BCUT2D eigenvalue weighted by Crippen LogP contribution is -2.34. The molecule has 1 aliphatic rings. The van der Waals surface area contributed by atoms with Crippen molar-refractivity contribution >= 4 is 11.0 Å². The number of benzene rings is 2. The number of likely N-dealkylation sites (tertiary alicyclic amines) is 1. The molecule has 1 saturated heterocycles. The Kier molecular flexibility index (Phi) is 5.96. The van der Waals surface area contributed by atoms with Gasteiger partial charge >= 0.3 is 0 Å². The summed E-state index contributed by atoms with van der Waals surface area (Å²) in [6, 6.07) is 16.9. The number of hydrogen-bond acceptors (Lipinski definition) is 3. The van der Waals surface area contributed by atoms with Gasteiger partial charge in [-0.1, -0.05) is 30.7 Å². The first-order valence-corrected chi connectivity index (χ1v) is 10.5. The molecule has 4 nitrogen and oxygen atoms in total. The minimum Gasteiger partial charge on any atom is -0.497 e. The van der Waals surface area contributed by atoms with Gasteiger partial charge in [0, 0.05) is 7.05 Å². The number of ether oxygens (including phenoxy) is 1. The molecule has 0 unspecified atom stereocenters. The maximum Gasteiger partial charge on any atom is 0.123 e. The molecular formula is C24H31N3O. The van der Waals surface area contributed by atoms with Gasteiger partial charge < -0.3 is 9.30 Å². The zero-order valence-electron chi connectivity index (χ0n) is 17.1. The summed E-state index contributed by atoms with van der Waals surface area (Å²) in [7, 11) is 3.87. The van der Waals surface area contributed by atoms with Crippen molar-refractivity contribution in [3.8, 4) is 5.75 Å². The maximum absolute atomic E-state index is 5.33. The lowest BCUT2D eigenvalue weighted by molar-refractivity contribution is 0.166. The van der Waals surface area contributed by atoms with E-state index in [1.807, 2.05) is 6.07 Å². The summed E-state index contributed by atoms with van der Waals surface area (Å²) < 4.78 is 7.57. The molecular weight excluding hydrogens is 346 g/mol. The van der Waals surface area contributed by atoms with E-state index in [1.165, 1.54) is 55.7 Å². The average Bonchev–Trinajstić information content (AvgIpc) is 3.05. The number of fused-ring (bicyclic) bond motifs is 1. The first kappa shape index (κ1) is 19.0. The van der Waals surface area contributed by atoms with Gasteiger partial charge in [0.2, 0.25) is 0 Å². The molecule has 1 fully saturated rings. The smallest absolute Gasteiger partial charge is 0.123 e. The second-order valence-electron chi connectivity index (χ2n) is 8.04. The van der Waals surface area contributed by atoms with Crippen molar-refractivity contribution in [1.82, 2.24) is 14.5 Å². The Morgan fingerprint density at radius 3 is 2.68 bits per heavy atom. The van der Waals surface area contributed by atoms with Gasteiger partial charge in [-0.15, -0.1) is 0 Å². The molecule has 0 saturated carbocycles. The van der Waals surface area contributed by atoms with E-state index < -0.39 is 0 Å². The van der Waals surface area contributed by atoms with Gasteiger partial charge in [0.1, 0.15) is 11.6 Å². The number of aryl methyl sites for hydroxylation is 2. The summed E-state index contributed by atoms with van der Waals surface area (Å²) in [5.41, 5.74) is 3.72. The molecule has 2 heterocycles. The molecule has 3 aromatic rings. The normalized spacial score (nSPS) is 15.9. The Bertz CT molecular complexity index is 909. The summed E-state index contributed by atoms with van der Waals surface area (Å²) in [5.74, 6) is 3.01. The van der Waals surface area contributed by atoms with Gasteiger partial charge in [0.15, 0.2) is 0 Å². The topological polar surface area (TPSA) is 30.3 Å². The number of rotatable bonds is 7. The molecule has 4 rings (SSSR count). The summed E-state index contributed by atoms with van der Waals surface area (Å²) in [6.45, 7) is 3.34. The number of methoxy groups -OCH3 is 1. The summed E-state index contributed by atoms with van der Waals surface area (Å²) >= 11 is 0. The Labute approximate surface area is 168 Å². The SMILES string of the molecule is COc1cccc(CCCC2CCN(Cc3nc4ccccc4n3C)CC2)c1. The van der Waals surface area contributed by atoms with Gasteiger partial charge in [0.25, 0.3) is 0 Å². The van der Waals surface area contributed by atoms with Gasteiger partial charge in [-0.2, -0.15) is 0 Å². The van der Waals surface area contributed by atoms with Gasteiger partial charge in [0.05, 0.1) is 24.7 Å². The van der Waals surface area contributed by atoms with Crippen molar-refractivity contribution in [3.63, 3.8) is 0 Å². The molecule has 0 amide bonds. The Morgan fingerprint density at radius 2 is 1.89 bits per heavy atom. The van der Waals surface area contributed by atoms with Crippen LogP contribution in [0.1, 0.15) is 37.1 Å². The van der Waals surface area contributed by atoms with E-state index in [-0.39, 0.29) is 0 Å². The number of piperidine rings is 1. The third-order valence-corrected chi connectivity index (χ3v) is 6.16. The third kappa shape index (κ3) is 4.39. The molecule has 1 aromatic heterocycles. The molecule has 2 aromatic carbocycles. The van der Waals surface area contributed by atoms with Crippen LogP contribution in [0, 0.1) is 5.92 Å². The predicted molar refractivity (Wildman–Crippen MR) is 115 cm³/mol. The Morgan fingerprint density at radius 1 is 1.07 bits per heavy atom. The molecule has 1 aliphatic heterocycles. The molecule has 0 radical (unpaired) electrons. The highest BCUT2D eigenvalue weighted by molar-refractivity contribution is 5.75. The molecule has 4 heteroatoms. The molecule has 0 N–H and O–H groups in total. The molecule has 148 valence electrons.